The second-order valence-electron chi connectivity index (χ2n) is 7.04. The first-order chi connectivity index (χ1) is 16.5. The predicted molar refractivity (Wildman–Crippen MR) is 117 cm³/mol. The lowest BCUT2D eigenvalue weighted by molar-refractivity contribution is -0.143. The fraction of sp³-hybridized carbons (Fsp3) is 0.0952. The van der Waals surface area contributed by atoms with Crippen LogP contribution in [0.15, 0.2) is 65.6 Å². The van der Waals surface area contributed by atoms with Gasteiger partial charge in [-0.2, -0.15) is 34.8 Å². The van der Waals surface area contributed by atoms with E-state index in [1.807, 2.05) is 5.32 Å². The topological polar surface area (TPSA) is 105 Å². The summed E-state index contributed by atoms with van der Waals surface area (Å²) in [6.07, 6.45) is -10.3. The molecule has 15 heteroatoms. The first-order valence-corrected chi connectivity index (χ1v) is 11.3. The number of nitrogens with one attached hydrogen (secondary N) is 2. The monoisotopic (exact) mass is 554 g/mol. The third kappa shape index (κ3) is 6.80. The first kappa shape index (κ1) is 27.1. The third-order valence-electron chi connectivity index (χ3n) is 4.38. The van der Waals surface area contributed by atoms with Crippen LogP contribution < -0.4 is 15.4 Å². The summed E-state index contributed by atoms with van der Waals surface area (Å²) in [6, 6.07) is 8.03. The number of hydrogen-bond donors (Lipinski definition) is 3. The molecule has 0 atom stereocenters. The quantitative estimate of drug-likeness (QED) is 0.231. The molecule has 0 aliphatic rings. The lowest BCUT2D eigenvalue weighted by Crippen LogP contribution is -2.21. The number of rotatable bonds is 5. The van der Waals surface area contributed by atoms with E-state index in [1.54, 1.807) is 6.07 Å². The molecule has 0 bridgehead atoms. The second-order valence-corrected chi connectivity index (χ2v) is 8.84. The van der Waals surface area contributed by atoms with Crippen LogP contribution in [0.1, 0.15) is 11.1 Å². The fourth-order valence-electron chi connectivity index (χ4n) is 2.84. The third-order valence-corrected chi connectivity index (χ3v) is 5.57. The Hall–Kier alpha value is -3.49. The molecule has 0 fully saturated rings. The Labute approximate surface area is 204 Å². The molecule has 0 aliphatic heterocycles. The number of alkyl halides is 6. The minimum absolute atomic E-state index is 0.0348. The maximum absolute atomic E-state index is 13.0. The summed E-state index contributed by atoms with van der Waals surface area (Å²) in [4.78, 5) is 11.4. The van der Waals surface area contributed by atoms with E-state index in [9.17, 15) is 44.1 Å². The van der Waals surface area contributed by atoms with Crippen molar-refractivity contribution in [1.29, 1.82) is 0 Å². The fourth-order valence-corrected chi connectivity index (χ4v) is 3.65. The molecule has 0 unspecified atom stereocenters. The number of halogens is 7. The molecule has 7 nitrogen and oxygen atoms in total. The molecular formula is C21H13ClF6N2O5S. The Morgan fingerprint density at radius 1 is 0.806 bits per heavy atom. The van der Waals surface area contributed by atoms with Gasteiger partial charge in [0, 0.05) is 11.4 Å². The van der Waals surface area contributed by atoms with Crippen LogP contribution in [0.4, 0.5) is 42.5 Å². The lowest BCUT2D eigenvalue weighted by atomic mass is 10.1. The van der Waals surface area contributed by atoms with Crippen LogP contribution in [-0.2, 0) is 22.5 Å². The highest BCUT2D eigenvalue weighted by Gasteiger charge is 2.37. The van der Waals surface area contributed by atoms with Gasteiger partial charge in [0.1, 0.15) is 16.4 Å². The van der Waals surface area contributed by atoms with E-state index < -0.39 is 50.2 Å². The summed E-state index contributed by atoms with van der Waals surface area (Å²) < 4.78 is 117. The van der Waals surface area contributed by atoms with Crippen molar-refractivity contribution in [3.05, 3.63) is 76.8 Å². The van der Waals surface area contributed by atoms with Gasteiger partial charge in [-0.25, -0.2) is 4.79 Å². The summed E-state index contributed by atoms with van der Waals surface area (Å²) in [7, 11) is -4.92. The largest absolute Gasteiger partial charge is 0.454 e. The molecule has 0 saturated carbocycles. The van der Waals surface area contributed by atoms with Gasteiger partial charge in [-0.15, -0.1) is 0 Å². The average molecular weight is 555 g/mol. The van der Waals surface area contributed by atoms with E-state index in [2.05, 4.69) is 5.32 Å². The van der Waals surface area contributed by atoms with Gasteiger partial charge in [-0.3, -0.25) is 4.55 Å². The number of carbonyl (C=O) groups is 1. The zero-order valence-electron chi connectivity index (χ0n) is 17.4. The molecule has 0 spiro atoms. The van der Waals surface area contributed by atoms with Gasteiger partial charge in [-0.1, -0.05) is 23.7 Å². The van der Waals surface area contributed by atoms with Gasteiger partial charge in [-0.05, 0) is 48.5 Å². The maximum Gasteiger partial charge on any atom is 0.416 e. The molecule has 0 aromatic heterocycles. The molecule has 0 saturated heterocycles. The Kier molecular flexibility index (Phi) is 7.43. The van der Waals surface area contributed by atoms with Crippen molar-refractivity contribution in [2.45, 2.75) is 17.2 Å². The second kappa shape index (κ2) is 9.87. The summed E-state index contributed by atoms with van der Waals surface area (Å²) in [5, 5.41) is 3.99. The summed E-state index contributed by atoms with van der Waals surface area (Å²) in [5.74, 6) is -0.350. The lowest BCUT2D eigenvalue weighted by Gasteiger charge is -2.15. The molecule has 2 amide bonds. The average Bonchev–Trinajstić information content (AvgIpc) is 2.74. The number of anilines is 2. The molecule has 0 aliphatic carbocycles. The van der Waals surface area contributed by atoms with Crippen molar-refractivity contribution in [3.8, 4) is 11.5 Å². The van der Waals surface area contributed by atoms with E-state index in [4.69, 9.17) is 16.3 Å². The van der Waals surface area contributed by atoms with Gasteiger partial charge >= 0.3 is 18.4 Å². The van der Waals surface area contributed by atoms with Crippen molar-refractivity contribution in [3.63, 3.8) is 0 Å². The van der Waals surface area contributed by atoms with Crippen LogP contribution >= 0.6 is 11.6 Å². The number of ether oxygens (including phenoxy) is 1. The minimum Gasteiger partial charge on any atom is -0.454 e. The van der Waals surface area contributed by atoms with E-state index in [1.165, 1.54) is 18.2 Å². The van der Waals surface area contributed by atoms with Crippen LogP contribution in [-0.4, -0.2) is 19.0 Å². The first-order valence-electron chi connectivity index (χ1n) is 9.45. The van der Waals surface area contributed by atoms with E-state index >= 15 is 0 Å². The highest BCUT2D eigenvalue weighted by Crippen LogP contribution is 2.38. The zero-order valence-corrected chi connectivity index (χ0v) is 19.0. The zero-order chi connectivity index (χ0) is 26.9. The Balaban J connectivity index is 1.88. The van der Waals surface area contributed by atoms with Gasteiger partial charge in [0.2, 0.25) is 0 Å². The molecule has 192 valence electrons. The number of carbonyl (C=O) groups excluding carboxylic acids is 1. The normalized spacial score (nSPS) is 12.2. The van der Waals surface area contributed by atoms with Crippen molar-refractivity contribution in [2.24, 2.45) is 0 Å². The number of amides is 2. The van der Waals surface area contributed by atoms with Crippen molar-refractivity contribution >= 4 is 39.1 Å². The van der Waals surface area contributed by atoms with Gasteiger partial charge in [0.15, 0.2) is 0 Å². The molecule has 0 heterocycles. The molecule has 0 radical (unpaired) electrons. The Bertz CT molecular complexity index is 1380. The molecule has 3 N–H and O–H groups in total. The standard InChI is InChI=1S/C21H13ClF6N2O5S/c22-15-3-1-2-4-16(15)35-17-6-5-13(10-18(17)36(32,33)34)29-19(31)30-14-8-11(20(23,24)25)7-12(9-14)21(26,27)28/h1-10H,(H2,29,30,31)(H,32,33,34). The van der Waals surface area contributed by atoms with Crippen LogP contribution in [0.5, 0.6) is 11.5 Å². The molecular weight excluding hydrogens is 542 g/mol. The predicted octanol–water partition coefficient (Wildman–Crippen LogP) is 7.06. The maximum atomic E-state index is 13.0. The molecule has 3 aromatic rings. The SMILES string of the molecule is O=C(Nc1cc(C(F)(F)F)cc(C(F)(F)F)c1)Nc1ccc(Oc2ccccc2Cl)c(S(=O)(=O)O)c1. The number of hydrogen-bond acceptors (Lipinski definition) is 4. The molecule has 3 rings (SSSR count). The smallest absolute Gasteiger partial charge is 0.416 e. The van der Waals surface area contributed by atoms with Crippen molar-refractivity contribution < 1.29 is 48.8 Å². The van der Waals surface area contributed by atoms with Crippen LogP contribution in [0, 0.1) is 0 Å². The van der Waals surface area contributed by atoms with Crippen molar-refractivity contribution in [1.82, 2.24) is 0 Å². The van der Waals surface area contributed by atoms with Crippen LogP contribution in [0.2, 0.25) is 5.02 Å². The van der Waals surface area contributed by atoms with Crippen LogP contribution in [0.3, 0.4) is 0 Å². The number of para-hydroxylation sites is 1. The summed E-state index contributed by atoms with van der Waals surface area (Å²) in [6.45, 7) is 0. The van der Waals surface area contributed by atoms with E-state index in [-0.39, 0.29) is 28.3 Å². The number of urea groups is 1. The highest BCUT2D eigenvalue weighted by molar-refractivity contribution is 7.86. The Morgan fingerprint density at radius 3 is 1.89 bits per heavy atom. The molecule has 3 aromatic carbocycles. The van der Waals surface area contributed by atoms with Gasteiger partial charge < -0.3 is 15.4 Å². The minimum atomic E-state index is -5.13. The van der Waals surface area contributed by atoms with Gasteiger partial charge in [0.25, 0.3) is 10.1 Å². The highest BCUT2D eigenvalue weighted by atomic mass is 35.5. The van der Waals surface area contributed by atoms with Crippen molar-refractivity contribution in [2.75, 3.05) is 10.6 Å². The summed E-state index contributed by atoms with van der Waals surface area (Å²) >= 11 is 5.95. The Morgan fingerprint density at radius 2 is 1.36 bits per heavy atom. The number of benzene rings is 3. The van der Waals surface area contributed by atoms with Crippen LogP contribution in [0.25, 0.3) is 0 Å². The summed E-state index contributed by atoms with van der Waals surface area (Å²) in [5.41, 5.74) is -4.43. The van der Waals surface area contributed by atoms with E-state index in [0.717, 1.165) is 18.2 Å². The van der Waals surface area contributed by atoms with Gasteiger partial charge in [0.05, 0.1) is 16.1 Å². The van der Waals surface area contributed by atoms with E-state index in [0.29, 0.717) is 12.1 Å². The molecule has 36 heavy (non-hydrogen) atoms.